The summed E-state index contributed by atoms with van der Waals surface area (Å²) in [6.07, 6.45) is 0. The van der Waals surface area contributed by atoms with E-state index in [1.54, 1.807) is 0 Å². The monoisotopic (exact) mass is 338 g/mol. The highest BCUT2D eigenvalue weighted by Gasteiger charge is 2.16. The first kappa shape index (κ1) is 16.3. The Kier molecular flexibility index (Phi) is 5.01. The van der Waals surface area contributed by atoms with Gasteiger partial charge in [-0.25, -0.2) is 0 Å². The lowest BCUT2D eigenvalue weighted by molar-refractivity contribution is -0.113. The molecule has 1 aromatic heterocycles. The van der Waals surface area contributed by atoms with Gasteiger partial charge in [-0.05, 0) is 25.1 Å². The molecule has 0 fully saturated rings. The molecule has 0 saturated carbocycles. The zero-order valence-corrected chi connectivity index (χ0v) is 14.2. The number of H-pyrrole nitrogens is 1. The normalized spacial score (nSPS) is 10.7. The standard InChI is InChI=1S/C19H18N2O2S/c1-13-19(15-9-5-6-10-16(15)20-13)17(22)11-24-12-18(23)21-14-7-3-2-4-8-14/h2-10,20H,11-12H2,1H3,(H,21,23). The van der Waals surface area contributed by atoms with E-state index in [1.165, 1.54) is 11.8 Å². The SMILES string of the molecule is Cc1[nH]c2ccccc2c1C(=O)CSCC(=O)Nc1ccccc1. The number of benzene rings is 2. The van der Waals surface area contributed by atoms with E-state index in [0.29, 0.717) is 0 Å². The van der Waals surface area contributed by atoms with E-state index in [-0.39, 0.29) is 23.2 Å². The first-order valence-electron chi connectivity index (χ1n) is 7.68. The third kappa shape index (κ3) is 3.68. The van der Waals surface area contributed by atoms with Crippen molar-refractivity contribution < 1.29 is 9.59 Å². The van der Waals surface area contributed by atoms with Crippen LogP contribution in [0.5, 0.6) is 0 Å². The van der Waals surface area contributed by atoms with Crippen molar-refractivity contribution in [2.75, 3.05) is 16.8 Å². The topological polar surface area (TPSA) is 62.0 Å². The minimum absolute atomic E-state index is 0.0439. The summed E-state index contributed by atoms with van der Waals surface area (Å²) in [6.45, 7) is 1.90. The number of aromatic nitrogens is 1. The van der Waals surface area contributed by atoms with Crippen LogP contribution in [0.2, 0.25) is 0 Å². The summed E-state index contributed by atoms with van der Waals surface area (Å²) in [6, 6.07) is 17.1. The number of hydrogen-bond acceptors (Lipinski definition) is 3. The Morgan fingerprint density at radius 1 is 1.00 bits per heavy atom. The lowest BCUT2D eigenvalue weighted by atomic mass is 10.1. The highest BCUT2D eigenvalue weighted by Crippen LogP contribution is 2.23. The van der Waals surface area contributed by atoms with Crippen molar-refractivity contribution in [1.82, 2.24) is 4.98 Å². The minimum Gasteiger partial charge on any atom is -0.358 e. The number of fused-ring (bicyclic) bond motifs is 1. The van der Waals surface area contributed by atoms with Gasteiger partial charge in [-0.3, -0.25) is 9.59 Å². The zero-order chi connectivity index (χ0) is 16.9. The number of hydrogen-bond donors (Lipinski definition) is 2. The van der Waals surface area contributed by atoms with Gasteiger partial charge in [0.25, 0.3) is 0 Å². The quantitative estimate of drug-likeness (QED) is 0.667. The molecule has 0 unspecified atom stereocenters. The van der Waals surface area contributed by atoms with Crippen LogP contribution in [0.15, 0.2) is 54.6 Å². The maximum absolute atomic E-state index is 12.5. The second-order valence-corrected chi connectivity index (χ2v) is 6.49. The van der Waals surface area contributed by atoms with Gasteiger partial charge in [0, 0.05) is 27.8 Å². The summed E-state index contributed by atoms with van der Waals surface area (Å²) < 4.78 is 0. The van der Waals surface area contributed by atoms with E-state index >= 15 is 0 Å². The van der Waals surface area contributed by atoms with Crippen molar-refractivity contribution in [3.8, 4) is 0 Å². The Balaban J connectivity index is 1.57. The zero-order valence-electron chi connectivity index (χ0n) is 13.3. The number of para-hydroxylation sites is 2. The molecule has 4 nitrogen and oxygen atoms in total. The molecule has 122 valence electrons. The molecule has 1 heterocycles. The molecule has 5 heteroatoms. The van der Waals surface area contributed by atoms with Crippen LogP contribution in [0.1, 0.15) is 16.1 Å². The van der Waals surface area contributed by atoms with Gasteiger partial charge in [0.1, 0.15) is 0 Å². The molecular weight excluding hydrogens is 320 g/mol. The van der Waals surface area contributed by atoms with E-state index in [2.05, 4.69) is 10.3 Å². The number of Topliss-reactive ketones (excluding diaryl/α,β-unsaturated/α-hetero) is 1. The predicted molar refractivity (Wildman–Crippen MR) is 99.8 cm³/mol. The maximum atomic E-state index is 12.5. The molecule has 3 rings (SSSR count). The molecule has 0 atom stereocenters. The fraction of sp³-hybridized carbons (Fsp3) is 0.158. The van der Waals surface area contributed by atoms with E-state index in [9.17, 15) is 9.59 Å². The number of anilines is 1. The maximum Gasteiger partial charge on any atom is 0.234 e. The number of amides is 1. The fourth-order valence-corrected chi connectivity index (χ4v) is 3.35. The second-order valence-electron chi connectivity index (χ2n) is 5.50. The summed E-state index contributed by atoms with van der Waals surface area (Å²) in [5, 5.41) is 3.75. The molecule has 0 spiro atoms. The van der Waals surface area contributed by atoms with Crippen molar-refractivity contribution in [2.24, 2.45) is 0 Å². The van der Waals surface area contributed by atoms with Crippen LogP contribution in [-0.4, -0.2) is 28.2 Å². The molecule has 3 aromatic rings. The molecule has 0 aliphatic carbocycles. The van der Waals surface area contributed by atoms with Gasteiger partial charge in [0.15, 0.2) is 5.78 Å². The predicted octanol–water partition coefficient (Wildman–Crippen LogP) is 4.03. The first-order chi connectivity index (χ1) is 11.6. The number of carbonyl (C=O) groups excluding carboxylic acids is 2. The highest BCUT2D eigenvalue weighted by atomic mass is 32.2. The highest BCUT2D eigenvalue weighted by molar-refractivity contribution is 8.00. The fourth-order valence-electron chi connectivity index (χ4n) is 2.66. The Hall–Kier alpha value is -2.53. The van der Waals surface area contributed by atoms with E-state index < -0.39 is 0 Å². The molecule has 2 aromatic carbocycles. The molecule has 0 radical (unpaired) electrons. The summed E-state index contributed by atoms with van der Waals surface area (Å²) in [7, 11) is 0. The molecular formula is C19H18N2O2S. The molecule has 0 saturated heterocycles. The number of aryl methyl sites for hydroxylation is 1. The van der Waals surface area contributed by atoms with Crippen molar-refractivity contribution in [3.63, 3.8) is 0 Å². The molecule has 2 N–H and O–H groups in total. The number of rotatable bonds is 6. The summed E-state index contributed by atoms with van der Waals surface area (Å²) >= 11 is 1.33. The Morgan fingerprint density at radius 3 is 2.50 bits per heavy atom. The van der Waals surface area contributed by atoms with Crippen molar-refractivity contribution in [1.29, 1.82) is 0 Å². The lowest BCUT2D eigenvalue weighted by Gasteiger charge is -2.05. The van der Waals surface area contributed by atoms with E-state index in [1.807, 2.05) is 61.5 Å². The van der Waals surface area contributed by atoms with E-state index in [4.69, 9.17) is 0 Å². The van der Waals surface area contributed by atoms with Crippen molar-refractivity contribution >= 4 is 40.0 Å². The number of ketones is 1. The lowest BCUT2D eigenvalue weighted by Crippen LogP contribution is -2.15. The van der Waals surface area contributed by atoms with Gasteiger partial charge >= 0.3 is 0 Å². The first-order valence-corrected chi connectivity index (χ1v) is 8.84. The Bertz CT molecular complexity index is 871. The van der Waals surface area contributed by atoms with Gasteiger partial charge in [-0.15, -0.1) is 11.8 Å². The number of carbonyl (C=O) groups is 2. The molecule has 0 aliphatic heterocycles. The number of nitrogens with one attached hydrogen (secondary N) is 2. The van der Waals surface area contributed by atoms with Crippen LogP contribution in [0.3, 0.4) is 0 Å². The molecule has 0 bridgehead atoms. The van der Waals surface area contributed by atoms with Crippen LogP contribution >= 0.6 is 11.8 Å². The average Bonchev–Trinajstić information content (AvgIpc) is 2.91. The van der Waals surface area contributed by atoms with Crippen LogP contribution in [0.25, 0.3) is 10.9 Å². The van der Waals surface area contributed by atoms with Crippen LogP contribution in [-0.2, 0) is 4.79 Å². The number of thioether (sulfide) groups is 1. The van der Waals surface area contributed by atoms with Gasteiger partial charge in [0.05, 0.1) is 11.5 Å². The molecule has 0 aliphatic rings. The smallest absolute Gasteiger partial charge is 0.234 e. The van der Waals surface area contributed by atoms with Gasteiger partial charge in [-0.2, -0.15) is 0 Å². The van der Waals surface area contributed by atoms with Crippen LogP contribution in [0, 0.1) is 6.92 Å². The van der Waals surface area contributed by atoms with E-state index in [0.717, 1.165) is 27.8 Å². The van der Waals surface area contributed by atoms with Gasteiger partial charge < -0.3 is 10.3 Å². The molecule has 24 heavy (non-hydrogen) atoms. The summed E-state index contributed by atoms with van der Waals surface area (Å²) in [5.74, 6) is 0.476. The average molecular weight is 338 g/mol. The van der Waals surface area contributed by atoms with Crippen molar-refractivity contribution in [2.45, 2.75) is 6.92 Å². The van der Waals surface area contributed by atoms with Crippen LogP contribution < -0.4 is 5.32 Å². The van der Waals surface area contributed by atoms with Crippen molar-refractivity contribution in [3.05, 3.63) is 65.9 Å². The van der Waals surface area contributed by atoms with Crippen LogP contribution in [0.4, 0.5) is 5.69 Å². The number of aromatic amines is 1. The second kappa shape index (κ2) is 7.36. The minimum atomic E-state index is -0.102. The third-order valence-corrected chi connectivity index (χ3v) is 4.63. The summed E-state index contributed by atoms with van der Waals surface area (Å²) in [4.78, 5) is 27.6. The van der Waals surface area contributed by atoms with Gasteiger partial charge in [-0.1, -0.05) is 36.4 Å². The Labute approximate surface area is 144 Å². The largest absolute Gasteiger partial charge is 0.358 e. The molecule has 1 amide bonds. The summed E-state index contributed by atoms with van der Waals surface area (Å²) in [5.41, 5.74) is 3.32. The third-order valence-electron chi connectivity index (χ3n) is 3.70. The Morgan fingerprint density at radius 2 is 1.71 bits per heavy atom. The van der Waals surface area contributed by atoms with Gasteiger partial charge in [0.2, 0.25) is 5.91 Å².